The van der Waals surface area contributed by atoms with E-state index in [4.69, 9.17) is 0 Å². The van der Waals surface area contributed by atoms with E-state index >= 15 is 0 Å². The van der Waals surface area contributed by atoms with E-state index in [0.717, 1.165) is 33.3 Å². The molecule has 0 saturated heterocycles. The first kappa shape index (κ1) is 20.9. The summed E-state index contributed by atoms with van der Waals surface area (Å²) in [6.45, 7) is 7.80. The molecule has 0 radical (unpaired) electrons. The molecule has 0 N–H and O–H groups in total. The Bertz CT molecular complexity index is 1020. The molecule has 0 aliphatic heterocycles. The minimum atomic E-state index is 0. The number of hydrogen-bond acceptors (Lipinski definition) is 4. The van der Waals surface area contributed by atoms with Crippen molar-refractivity contribution in [2.45, 2.75) is 27.7 Å². The van der Waals surface area contributed by atoms with Gasteiger partial charge in [-0.3, -0.25) is 9.97 Å². The van der Waals surface area contributed by atoms with Gasteiger partial charge in [-0.1, -0.05) is 47.9 Å². The van der Waals surface area contributed by atoms with Gasteiger partial charge in [0.2, 0.25) is 0 Å². The number of fused-ring (bicyclic) bond motifs is 2. The number of nitrogens with zero attached hydrogens (tertiary/aromatic N) is 2. The van der Waals surface area contributed by atoms with Crippen LogP contribution in [-0.2, 0) is 0 Å². The molecule has 4 aromatic rings. The van der Waals surface area contributed by atoms with Gasteiger partial charge in [-0.2, -0.15) is 0 Å². The fourth-order valence-electron chi connectivity index (χ4n) is 3.11. The summed E-state index contributed by atoms with van der Waals surface area (Å²) in [7, 11) is 0. The van der Waals surface area contributed by atoms with Crippen LogP contribution >= 0.6 is 0 Å². The SMILES string of the molecule is Cc1cc(C)c2cccc([O-])c2n1.Cc1cc(C)c2cccc([O-])c2n1.[Mg+2]. The summed E-state index contributed by atoms with van der Waals surface area (Å²) in [5.74, 6) is 0.00796. The third kappa shape index (κ3) is 4.49. The average molecular weight is 369 g/mol. The van der Waals surface area contributed by atoms with Gasteiger partial charge < -0.3 is 10.2 Å². The molecule has 27 heavy (non-hydrogen) atoms. The van der Waals surface area contributed by atoms with Crippen LogP contribution in [0.5, 0.6) is 11.5 Å². The third-order valence-electron chi connectivity index (χ3n) is 4.27. The summed E-state index contributed by atoms with van der Waals surface area (Å²) in [4.78, 5) is 8.45. The second kappa shape index (κ2) is 8.54. The molecule has 0 bridgehead atoms. The molecule has 2 heterocycles. The van der Waals surface area contributed by atoms with E-state index in [1.807, 2.05) is 52.0 Å². The van der Waals surface area contributed by atoms with Gasteiger partial charge in [-0.15, -0.1) is 0 Å². The molecule has 0 unspecified atom stereocenters. The first-order valence-electron chi connectivity index (χ1n) is 8.45. The fraction of sp³-hybridized carbons (Fsp3) is 0.182. The monoisotopic (exact) mass is 368 g/mol. The van der Waals surface area contributed by atoms with Crippen LogP contribution in [0.1, 0.15) is 22.5 Å². The van der Waals surface area contributed by atoms with Gasteiger partial charge in [0.1, 0.15) is 0 Å². The van der Waals surface area contributed by atoms with Crippen molar-refractivity contribution in [3.8, 4) is 11.5 Å². The summed E-state index contributed by atoms with van der Waals surface area (Å²) in [5.41, 5.74) is 5.18. The van der Waals surface area contributed by atoms with E-state index in [-0.39, 0.29) is 34.6 Å². The van der Waals surface area contributed by atoms with Crippen molar-refractivity contribution >= 4 is 44.9 Å². The normalized spacial score (nSPS) is 10.2. The summed E-state index contributed by atoms with van der Waals surface area (Å²) in [5, 5.41) is 24.8. The Morgan fingerprint density at radius 1 is 0.630 bits per heavy atom. The van der Waals surface area contributed by atoms with E-state index in [1.165, 1.54) is 0 Å². The van der Waals surface area contributed by atoms with Crippen LogP contribution in [0.4, 0.5) is 0 Å². The number of aryl methyl sites for hydroxylation is 4. The van der Waals surface area contributed by atoms with Gasteiger partial charge in [0.25, 0.3) is 0 Å². The van der Waals surface area contributed by atoms with Crippen molar-refractivity contribution in [3.63, 3.8) is 0 Å². The van der Waals surface area contributed by atoms with Crippen LogP contribution in [0.3, 0.4) is 0 Å². The van der Waals surface area contributed by atoms with Crippen LogP contribution in [0.2, 0.25) is 0 Å². The van der Waals surface area contributed by atoms with E-state index in [1.54, 1.807) is 24.3 Å². The molecule has 0 spiro atoms. The first-order chi connectivity index (χ1) is 12.4. The second-order valence-corrected chi connectivity index (χ2v) is 6.47. The maximum atomic E-state index is 11.4. The molecule has 0 saturated carbocycles. The van der Waals surface area contributed by atoms with E-state index in [9.17, 15) is 10.2 Å². The molecule has 4 rings (SSSR count). The Morgan fingerprint density at radius 2 is 1.00 bits per heavy atom. The Morgan fingerprint density at radius 3 is 1.37 bits per heavy atom. The molecule has 4 nitrogen and oxygen atoms in total. The van der Waals surface area contributed by atoms with Crippen LogP contribution in [0.25, 0.3) is 21.8 Å². The van der Waals surface area contributed by atoms with Gasteiger partial charge in [-0.25, -0.2) is 0 Å². The molecule has 0 aliphatic carbocycles. The van der Waals surface area contributed by atoms with Crippen LogP contribution < -0.4 is 10.2 Å². The summed E-state index contributed by atoms with van der Waals surface area (Å²) in [6, 6.07) is 14.5. The van der Waals surface area contributed by atoms with Crippen LogP contribution in [-0.4, -0.2) is 33.0 Å². The minimum absolute atomic E-state index is 0. The van der Waals surface area contributed by atoms with Gasteiger partial charge in [0.05, 0.1) is 11.0 Å². The predicted molar refractivity (Wildman–Crippen MR) is 107 cm³/mol. The Labute approximate surface area is 175 Å². The van der Waals surface area contributed by atoms with Crippen LogP contribution in [0, 0.1) is 27.7 Å². The molecule has 0 fully saturated rings. The molecule has 132 valence electrons. The number of pyridine rings is 2. The molecule has 2 aromatic heterocycles. The smallest absolute Gasteiger partial charge is 0.871 e. The third-order valence-corrected chi connectivity index (χ3v) is 4.27. The minimum Gasteiger partial charge on any atom is -0.871 e. The summed E-state index contributed by atoms with van der Waals surface area (Å²) >= 11 is 0. The molecule has 0 amide bonds. The standard InChI is InChI=1S/2C11H11NO.Mg/c2*1-7-6-8(2)12-11-9(7)4-3-5-10(11)13;/h2*3-6,13H,1-2H3;/q;;+2/p-2. The zero-order valence-corrected chi connectivity index (χ0v) is 17.5. The maximum Gasteiger partial charge on any atom is 2.00 e. The zero-order valence-electron chi connectivity index (χ0n) is 16.0. The molecular weight excluding hydrogens is 349 g/mol. The first-order valence-corrected chi connectivity index (χ1v) is 8.45. The van der Waals surface area contributed by atoms with Crippen molar-refractivity contribution in [1.29, 1.82) is 0 Å². The quantitative estimate of drug-likeness (QED) is 0.445. The van der Waals surface area contributed by atoms with E-state index in [2.05, 4.69) is 9.97 Å². The molecule has 0 atom stereocenters. The van der Waals surface area contributed by atoms with Crippen molar-refractivity contribution in [2.24, 2.45) is 0 Å². The van der Waals surface area contributed by atoms with Gasteiger partial charge in [-0.05, 0) is 51.0 Å². The van der Waals surface area contributed by atoms with Gasteiger partial charge >= 0.3 is 23.1 Å². The fourth-order valence-corrected chi connectivity index (χ4v) is 3.11. The number of hydrogen-bond donors (Lipinski definition) is 0. The Hall–Kier alpha value is -2.37. The predicted octanol–water partition coefficient (Wildman–Crippen LogP) is 3.47. The molecule has 5 heteroatoms. The summed E-state index contributed by atoms with van der Waals surface area (Å²) < 4.78 is 0. The van der Waals surface area contributed by atoms with Crippen molar-refractivity contribution < 1.29 is 10.2 Å². The number of benzene rings is 2. The zero-order chi connectivity index (χ0) is 18.8. The van der Waals surface area contributed by atoms with Gasteiger partial charge in [0.15, 0.2) is 0 Å². The Balaban J connectivity index is 0.000000187. The topological polar surface area (TPSA) is 71.9 Å². The number of para-hydroxylation sites is 2. The largest absolute Gasteiger partial charge is 2.00 e. The molecule has 2 aromatic carbocycles. The van der Waals surface area contributed by atoms with Gasteiger partial charge in [0, 0.05) is 22.2 Å². The number of rotatable bonds is 0. The van der Waals surface area contributed by atoms with E-state index in [0.29, 0.717) is 11.0 Å². The summed E-state index contributed by atoms with van der Waals surface area (Å²) in [6.07, 6.45) is 0. The second-order valence-electron chi connectivity index (χ2n) is 6.47. The van der Waals surface area contributed by atoms with Crippen LogP contribution in [0.15, 0.2) is 48.5 Å². The van der Waals surface area contributed by atoms with E-state index < -0.39 is 0 Å². The molecule has 0 aliphatic rings. The van der Waals surface area contributed by atoms with Crippen molar-refractivity contribution in [3.05, 3.63) is 71.0 Å². The Kier molecular flexibility index (Phi) is 6.62. The molecular formula is C22H20MgN2O2. The maximum absolute atomic E-state index is 11.4. The van der Waals surface area contributed by atoms with Crippen molar-refractivity contribution in [2.75, 3.05) is 0 Å². The number of aromatic nitrogens is 2. The average Bonchev–Trinajstić information content (AvgIpc) is 2.57. The van der Waals surface area contributed by atoms with Crippen molar-refractivity contribution in [1.82, 2.24) is 9.97 Å².